The second-order valence-electron chi connectivity index (χ2n) is 8.00. The van der Waals surface area contributed by atoms with Crippen LogP contribution < -0.4 is 4.74 Å². The van der Waals surface area contributed by atoms with Crippen LogP contribution in [-0.4, -0.2) is 45.6 Å². The predicted octanol–water partition coefficient (Wildman–Crippen LogP) is 3.76. The van der Waals surface area contributed by atoms with Crippen molar-refractivity contribution in [1.29, 1.82) is 0 Å². The van der Waals surface area contributed by atoms with Gasteiger partial charge in [-0.25, -0.2) is 4.98 Å². The number of aromatic nitrogens is 3. The van der Waals surface area contributed by atoms with E-state index < -0.39 is 17.0 Å². The molecule has 1 N–H and O–H groups in total. The van der Waals surface area contributed by atoms with Crippen LogP contribution in [0.5, 0.6) is 5.88 Å². The first kappa shape index (κ1) is 21.1. The standard InChI is InChI=1S/C22H27N3O4S/c1-13-18(12-30(26)21-24-16-8-6-7-9-17(16)25-21)23-20(27-5)14(2)19(13)15-10-28-22(3,4)29-11-15/h6-9,15H,10-12H2,1-5H3,(H,24,25). The van der Waals surface area contributed by atoms with E-state index in [1.807, 2.05) is 52.0 Å². The summed E-state index contributed by atoms with van der Waals surface area (Å²) in [6.07, 6.45) is 0. The van der Waals surface area contributed by atoms with Crippen LogP contribution in [0.25, 0.3) is 11.0 Å². The summed E-state index contributed by atoms with van der Waals surface area (Å²) in [5, 5.41) is 0.449. The van der Waals surface area contributed by atoms with Gasteiger partial charge in [0.1, 0.15) is 0 Å². The second kappa shape index (κ2) is 8.19. The molecule has 1 fully saturated rings. The minimum Gasteiger partial charge on any atom is -0.609 e. The molecule has 2 aromatic heterocycles. The number of fused-ring (bicyclic) bond motifs is 1. The van der Waals surface area contributed by atoms with Crippen molar-refractivity contribution in [3.8, 4) is 5.88 Å². The molecular weight excluding hydrogens is 402 g/mol. The highest BCUT2D eigenvalue weighted by atomic mass is 32.2. The third-order valence-electron chi connectivity index (χ3n) is 5.52. The lowest BCUT2D eigenvalue weighted by atomic mass is 9.91. The molecule has 0 amide bonds. The Morgan fingerprint density at radius 1 is 1.17 bits per heavy atom. The fraction of sp³-hybridized carbons (Fsp3) is 0.455. The summed E-state index contributed by atoms with van der Waals surface area (Å²) in [7, 11) is 1.60. The van der Waals surface area contributed by atoms with Crippen LogP contribution in [0.15, 0.2) is 29.4 Å². The van der Waals surface area contributed by atoms with E-state index in [-0.39, 0.29) is 11.7 Å². The van der Waals surface area contributed by atoms with E-state index in [9.17, 15) is 4.55 Å². The van der Waals surface area contributed by atoms with Crippen molar-refractivity contribution in [3.05, 3.63) is 46.6 Å². The number of hydrogen-bond acceptors (Lipinski definition) is 6. The zero-order chi connectivity index (χ0) is 21.5. The van der Waals surface area contributed by atoms with Crippen molar-refractivity contribution < 1.29 is 18.8 Å². The number of aromatic amines is 1. The molecule has 4 rings (SSSR count). The van der Waals surface area contributed by atoms with E-state index in [2.05, 4.69) is 15.0 Å². The second-order valence-corrected chi connectivity index (χ2v) is 9.37. The molecule has 1 aliphatic heterocycles. The van der Waals surface area contributed by atoms with Crippen molar-refractivity contribution in [1.82, 2.24) is 15.0 Å². The Hall–Kier alpha value is -2.13. The lowest BCUT2D eigenvalue weighted by Crippen LogP contribution is -2.38. The number of methoxy groups -OCH3 is 1. The summed E-state index contributed by atoms with van der Waals surface area (Å²) < 4.78 is 30.4. The van der Waals surface area contributed by atoms with E-state index in [0.29, 0.717) is 24.3 Å². The molecule has 8 heteroatoms. The summed E-state index contributed by atoms with van der Waals surface area (Å²) in [4.78, 5) is 12.3. The maximum absolute atomic E-state index is 13.1. The number of para-hydroxylation sites is 2. The Morgan fingerprint density at radius 3 is 2.53 bits per heavy atom. The van der Waals surface area contributed by atoms with Gasteiger partial charge in [0.05, 0.1) is 37.1 Å². The minimum absolute atomic E-state index is 0.0633. The van der Waals surface area contributed by atoms with Gasteiger partial charge in [-0.3, -0.25) is 4.98 Å². The predicted molar refractivity (Wildman–Crippen MR) is 115 cm³/mol. The molecule has 1 atom stereocenters. The lowest BCUT2D eigenvalue weighted by Gasteiger charge is -2.36. The van der Waals surface area contributed by atoms with Gasteiger partial charge in [-0.15, -0.1) is 0 Å². The molecule has 1 aliphatic rings. The first-order chi connectivity index (χ1) is 14.3. The van der Waals surface area contributed by atoms with Gasteiger partial charge in [-0.05, 0) is 51.0 Å². The molecule has 7 nitrogen and oxygen atoms in total. The number of imidazole rings is 1. The van der Waals surface area contributed by atoms with E-state index in [1.54, 1.807) is 7.11 Å². The average molecular weight is 430 g/mol. The maximum Gasteiger partial charge on any atom is 0.322 e. The van der Waals surface area contributed by atoms with Crippen LogP contribution in [0.2, 0.25) is 0 Å². The van der Waals surface area contributed by atoms with E-state index in [4.69, 9.17) is 14.2 Å². The summed E-state index contributed by atoms with van der Waals surface area (Å²) in [5.41, 5.74) is 5.45. The molecule has 0 aliphatic carbocycles. The third-order valence-corrected chi connectivity index (χ3v) is 6.68. The number of H-pyrrole nitrogens is 1. The van der Waals surface area contributed by atoms with Gasteiger partial charge in [-0.2, -0.15) is 4.98 Å². The Bertz CT molecular complexity index is 1020. The molecule has 3 aromatic rings. The van der Waals surface area contributed by atoms with Gasteiger partial charge in [0.25, 0.3) is 0 Å². The molecule has 1 saturated heterocycles. The highest BCUT2D eigenvalue weighted by Gasteiger charge is 2.33. The normalized spacial score (nSPS) is 17.9. The largest absolute Gasteiger partial charge is 0.609 e. The first-order valence-electron chi connectivity index (χ1n) is 9.94. The average Bonchev–Trinajstić information content (AvgIpc) is 3.15. The molecule has 1 unspecified atom stereocenters. The molecular formula is C22H27N3O4S. The molecule has 0 radical (unpaired) electrons. The van der Waals surface area contributed by atoms with Crippen LogP contribution in [-0.2, 0) is 26.4 Å². The van der Waals surface area contributed by atoms with Gasteiger partial charge in [0.15, 0.2) is 11.5 Å². The van der Waals surface area contributed by atoms with Gasteiger partial charge in [-0.1, -0.05) is 12.1 Å². The monoisotopic (exact) mass is 429 g/mol. The van der Waals surface area contributed by atoms with Gasteiger partial charge in [0.2, 0.25) is 5.88 Å². The molecule has 3 heterocycles. The SMILES string of the molecule is COc1nc(C[S+]([O-])c2nc3ccccc3[nH]2)c(C)c(C2COC(C)(C)OC2)c1C. The lowest BCUT2D eigenvalue weighted by molar-refractivity contribution is -0.251. The van der Waals surface area contributed by atoms with Crippen LogP contribution in [0.4, 0.5) is 0 Å². The smallest absolute Gasteiger partial charge is 0.322 e. The van der Waals surface area contributed by atoms with Crippen LogP contribution in [0.1, 0.15) is 42.1 Å². The van der Waals surface area contributed by atoms with Crippen LogP contribution in [0.3, 0.4) is 0 Å². The Labute approximate surface area is 179 Å². The Kier molecular flexibility index (Phi) is 5.76. The molecule has 0 bridgehead atoms. The molecule has 0 saturated carbocycles. The number of nitrogens with zero attached hydrogens (tertiary/aromatic N) is 2. The molecule has 1 aromatic carbocycles. The number of pyridine rings is 1. The number of nitrogens with one attached hydrogen (secondary N) is 1. The minimum atomic E-state index is -1.37. The summed E-state index contributed by atoms with van der Waals surface area (Å²) >= 11 is -1.37. The quantitative estimate of drug-likeness (QED) is 0.621. The summed E-state index contributed by atoms with van der Waals surface area (Å²) in [6, 6.07) is 7.65. The Morgan fingerprint density at radius 2 is 1.87 bits per heavy atom. The van der Waals surface area contributed by atoms with Gasteiger partial charge in [0, 0.05) is 22.7 Å². The molecule has 160 valence electrons. The Balaban J connectivity index is 1.66. The first-order valence-corrected chi connectivity index (χ1v) is 11.3. The van der Waals surface area contributed by atoms with Crippen LogP contribution >= 0.6 is 0 Å². The fourth-order valence-electron chi connectivity index (χ4n) is 3.88. The summed E-state index contributed by atoms with van der Waals surface area (Å²) in [6.45, 7) is 8.94. The van der Waals surface area contributed by atoms with Crippen molar-refractivity contribution in [3.63, 3.8) is 0 Å². The zero-order valence-corrected chi connectivity index (χ0v) is 18.8. The maximum atomic E-state index is 13.1. The van der Waals surface area contributed by atoms with Gasteiger partial charge < -0.3 is 18.8 Å². The zero-order valence-electron chi connectivity index (χ0n) is 17.9. The summed E-state index contributed by atoms with van der Waals surface area (Å²) in [5.74, 6) is 0.265. The molecule has 0 spiro atoms. The van der Waals surface area contributed by atoms with Crippen LogP contribution in [0, 0.1) is 13.8 Å². The molecule has 30 heavy (non-hydrogen) atoms. The van der Waals surface area contributed by atoms with Crippen molar-refractivity contribution >= 4 is 22.2 Å². The van der Waals surface area contributed by atoms with Gasteiger partial charge >= 0.3 is 5.16 Å². The fourth-order valence-corrected chi connectivity index (χ4v) is 4.97. The van der Waals surface area contributed by atoms with E-state index in [0.717, 1.165) is 33.4 Å². The number of ether oxygens (including phenoxy) is 3. The highest BCUT2D eigenvalue weighted by molar-refractivity contribution is 7.90. The van der Waals surface area contributed by atoms with Crippen molar-refractivity contribution in [2.75, 3.05) is 20.3 Å². The highest BCUT2D eigenvalue weighted by Crippen LogP contribution is 2.36. The van der Waals surface area contributed by atoms with E-state index >= 15 is 0 Å². The number of rotatable bonds is 5. The number of hydrogen-bond donors (Lipinski definition) is 1. The number of benzene rings is 1. The van der Waals surface area contributed by atoms with Crippen molar-refractivity contribution in [2.24, 2.45) is 0 Å². The van der Waals surface area contributed by atoms with Crippen molar-refractivity contribution in [2.45, 2.75) is 50.3 Å². The van der Waals surface area contributed by atoms with E-state index in [1.165, 1.54) is 0 Å². The third kappa shape index (κ3) is 4.05. The topological polar surface area (TPSA) is 92.3 Å².